The van der Waals surface area contributed by atoms with Crippen LogP contribution in [0.2, 0.25) is 0 Å². The highest BCUT2D eigenvalue weighted by Crippen LogP contribution is 2.29. The average Bonchev–Trinajstić information content (AvgIpc) is 2.96. The Morgan fingerprint density at radius 3 is 2.20 bits per heavy atom. The van der Waals surface area contributed by atoms with Gasteiger partial charge in [-0.05, 0) is 74.9 Å². The molecule has 0 aliphatic heterocycles. The molecule has 0 unspecified atom stereocenters. The molecule has 0 aromatic heterocycles. The number of aryl methyl sites for hydroxylation is 2. The monoisotopic (exact) mass is 544 g/mol. The van der Waals surface area contributed by atoms with Gasteiger partial charge in [0.05, 0.1) is 13.2 Å². The van der Waals surface area contributed by atoms with Gasteiger partial charge in [-0.1, -0.05) is 67.6 Å². The van der Waals surface area contributed by atoms with E-state index in [1.54, 1.807) is 4.90 Å². The van der Waals surface area contributed by atoms with Crippen molar-refractivity contribution in [1.82, 2.24) is 10.2 Å². The first-order valence-corrected chi connectivity index (χ1v) is 14.4. The van der Waals surface area contributed by atoms with Gasteiger partial charge in [-0.15, -0.1) is 0 Å². The standard InChI is InChI=1S/C34H44N2O4/c1-6-26(5)35-34(38)30(22-27-15-10-9-11-16-27)36(24-29-17-13-12-14-25(29)4)33(37)21-19-28-18-20-31(39-7-2)32(23-28)40-8-3/h9-18,20,23,26,30H,6-8,19,21-22,24H2,1-5H3,(H,35,38)/t26-,30-/m1/s1. The Morgan fingerprint density at radius 2 is 1.52 bits per heavy atom. The van der Waals surface area contributed by atoms with Gasteiger partial charge in [-0.25, -0.2) is 0 Å². The van der Waals surface area contributed by atoms with Crippen LogP contribution in [0.3, 0.4) is 0 Å². The van der Waals surface area contributed by atoms with Crippen LogP contribution in [0.25, 0.3) is 0 Å². The molecule has 6 nitrogen and oxygen atoms in total. The summed E-state index contributed by atoms with van der Waals surface area (Å²) in [5.41, 5.74) is 4.13. The molecule has 0 bridgehead atoms. The number of carbonyl (C=O) groups excluding carboxylic acids is 2. The molecule has 0 saturated carbocycles. The van der Waals surface area contributed by atoms with Crippen LogP contribution >= 0.6 is 0 Å². The van der Waals surface area contributed by atoms with Crippen molar-refractivity contribution in [2.24, 2.45) is 0 Å². The molecule has 1 N–H and O–H groups in total. The molecular formula is C34H44N2O4. The Balaban J connectivity index is 1.91. The van der Waals surface area contributed by atoms with Gasteiger partial charge in [0.25, 0.3) is 0 Å². The molecule has 0 saturated heterocycles. The average molecular weight is 545 g/mol. The van der Waals surface area contributed by atoms with Crippen LogP contribution in [0.5, 0.6) is 11.5 Å². The fourth-order valence-electron chi connectivity index (χ4n) is 4.61. The van der Waals surface area contributed by atoms with Crippen molar-refractivity contribution in [3.63, 3.8) is 0 Å². The SMILES string of the molecule is CCOc1ccc(CCC(=O)N(Cc2ccccc2C)[C@H](Cc2ccccc2)C(=O)N[C@H](C)CC)cc1OCC. The van der Waals surface area contributed by atoms with Gasteiger partial charge in [0.15, 0.2) is 11.5 Å². The van der Waals surface area contributed by atoms with Crippen molar-refractivity contribution < 1.29 is 19.1 Å². The predicted octanol–water partition coefficient (Wildman–Crippen LogP) is 6.28. The third-order valence-electron chi connectivity index (χ3n) is 7.11. The Morgan fingerprint density at radius 1 is 0.850 bits per heavy atom. The molecule has 0 spiro atoms. The molecule has 0 aliphatic carbocycles. The van der Waals surface area contributed by atoms with E-state index in [0.717, 1.165) is 28.7 Å². The number of nitrogens with zero attached hydrogens (tertiary/aromatic N) is 1. The van der Waals surface area contributed by atoms with Crippen LogP contribution in [0.15, 0.2) is 72.8 Å². The Hall–Kier alpha value is -3.80. The van der Waals surface area contributed by atoms with Crippen molar-refractivity contribution in [3.8, 4) is 11.5 Å². The molecule has 0 aliphatic rings. The third-order valence-corrected chi connectivity index (χ3v) is 7.11. The van der Waals surface area contributed by atoms with E-state index < -0.39 is 6.04 Å². The number of nitrogens with one attached hydrogen (secondary N) is 1. The second-order valence-electron chi connectivity index (χ2n) is 10.1. The van der Waals surface area contributed by atoms with Crippen molar-refractivity contribution in [2.75, 3.05) is 13.2 Å². The third kappa shape index (κ3) is 8.87. The van der Waals surface area contributed by atoms with Crippen LogP contribution < -0.4 is 14.8 Å². The lowest BCUT2D eigenvalue weighted by molar-refractivity contribution is -0.141. The van der Waals surface area contributed by atoms with Crippen LogP contribution in [-0.2, 0) is 29.0 Å². The van der Waals surface area contributed by atoms with Gasteiger partial charge >= 0.3 is 0 Å². The Labute approximate surface area is 239 Å². The highest BCUT2D eigenvalue weighted by molar-refractivity contribution is 5.88. The topological polar surface area (TPSA) is 67.9 Å². The number of rotatable bonds is 15. The van der Waals surface area contributed by atoms with Gasteiger partial charge < -0.3 is 19.7 Å². The molecule has 0 heterocycles. The number of hydrogen-bond donors (Lipinski definition) is 1. The Kier molecular flexibility index (Phi) is 12.1. The second kappa shape index (κ2) is 15.7. The van der Waals surface area contributed by atoms with Gasteiger partial charge in [-0.2, -0.15) is 0 Å². The van der Waals surface area contributed by atoms with Crippen molar-refractivity contribution in [3.05, 3.63) is 95.1 Å². The summed E-state index contributed by atoms with van der Waals surface area (Å²) in [6, 6.07) is 23.2. The molecule has 2 amide bonds. The highest BCUT2D eigenvalue weighted by Gasteiger charge is 2.31. The van der Waals surface area contributed by atoms with Crippen molar-refractivity contribution in [2.45, 2.75) is 78.9 Å². The number of ether oxygens (including phenoxy) is 2. The van der Waals surface area contributed by atoms with E-state index in [1.165, 1.54) is 0 Å². The molecule has 214 valence electrons. The molecule has 3 rings (SSSR count). The largest absolute Gasteiger partial charge is 0.490 e. The fraction of sp³-hybridized carbons (Fsp3) is 0.412. The number of amides is 2. The van der Waals surface area contributed by atoms with Gasteiger partial charge in [-0.3, -0.25) is 9.59 Å². The molecule has 40 heavy (non-hydrogen) atoms. The van der Waals surface area contributed by atoms with E-state index in [-0.39, 0.29) is 24.3 Å². The van der Waals surface area contributed by atoms with Crippen LogP contribution in [0, 0.1) is 6.92 Å². The van der Waals surface area contributed by atoms with E-state index in [0.29, 0.717) is 44.1 Å². The van der Waals surface area contributed by atoms with E-state index >= 15 is 0 Å². The summed E-state index contributed by atoms with van der Waals surface area (Å²) in [6.07, 6.45) is 2.06. The highest BCUT2D eigenvalue weighted by atomic mass is 16.5. The predicted molar refractivity (Wildman–Crippen MR) is 161 cm³/mol. The minimum absolute atomic E-state index is 0.0158. The molecule has 6 heteroatoms. The zero-order valence-electron chi connectivity index (χ0n) is 24.6. The Bertz CT molecular complexity index is 1230. The molecular weight excluding hydrogens is 500 g/mol. The first-order valence-electron chi connectivity index (χ1n) is 14.4. The smallest absolute Gasteiger partial charge is 0.243 e. The lowest BCUT2D eigenvalue weighted by atomic mass is 10.00. The summed E-state index contributed by atoms with van der Waals surface area (Å²) in [5, 5.41) is 3.14. The zero-order valence-corrected chi connectivity index (χ0v) is 24.6. The molecule has 3 aromatic rings. The van der Waals surface area contributed by atoms with E-state index in [1.807, 2.05) is 107 Å². The second-order valence-corrected chi connectivity index (χ2v) is 10.1. The van der Waals surface area contributed by atoms with Crippen LogP contribution in [-0.4, -0.2) is 42.0 Å². The van der Waals surface area contributed by atoms with Crippen LogP contribution in [0.4, 0.5) is 0 Å². The minimum Gasteiger partial charge on any atom is -0.490 e. The summed E-state index contributed by atoms with van der Waals surface area (Å²) in [6.45, 7) is 11.4. The molecule has 0 radical (unpaired) electrons. The summed E-state index contributed by atoms with van der Waals surface area (Å²) in [7, 11) is 0. The summed E-state index contributed by atoms with van der Waals surface area (Å²) < 4.78 is 11.5. The van der Waals surface area contributed by atoms with E-state index in [4.69, 9.17) is 9.47 Å². The summed E-state index contributed by atoms with van der Waals surface area (Å²) >= 11 is 0. The van der Waals surface area contributed by atoms with Crippen molar-refractivity contribution in [1.29, 1.82) is 0 Å². The lowest BCUT2D eigenvalue weighted by Gasteiger charge is -2.33. The quantitative estimate of drug-likeness (QED) is 0.245. The minimum atomic E-state index is -0.636. The van der Waals surface area contributed by atoms with E-state index in [2.05, 4.69) is 5.32 Å². The van der Waals surface area contributed by atoms with Crippen molar-refractivity contribution >= 4 is 11.8 Å². The molecule has 0 fully saturated rings. The normalized spacial score (nSPS) is 12.3. The van der Waals surface area contributed by atoms with Gasteiger partial charge in [0, 0.05) is 25.4 Å². The van der Waals surface area contributed by atoms with E-state index in [9.17, 15) is 9.59 Å². The number of hydrogen-bond acceptors (Lipinski definition) is 4. The summed E-state index contributed by atoms with van der Waals surface area (Å²) in [4.78, 5) is 29.5. The van der Waals surface area contributed by atoms with Gasteiger partial charge in [0.1, 0.15) is 6.04 Å². The fourth-order valence-corrected chi connectivity index (χ4v) is 4.61. The zero-order chi connectivity index (χ0) is 28.9. The first-order chi connectivity index (χ1) is 19.4. The maximum absolute atomic E-state index is 14.0. The maximum atomic E-state index is 14.0. The number of benzene rings is 3. The lowest BCUT2D eigenvalue weighted by Crippen LogP contribution is -2.52. The maximum Gasteiger partial charge on any atom is 0.243 e. The summed E-state index contributed by atoms with van der Waals surface area (Å²) in [5.74, 6) is 1.20. The van der Waals surface area contributed by atoms with Crippen LogP contribution in [0.1, 0.15) is 62.8 Å². The first kappa shape index (κ1) is 30.7. The number of carbonyl (C=O) groups is 2. The molecule has 3 aromatic carbocycles. The molecule has 2 atom stereocenters. The van der Waals surface area contributed by atoms with Gasteiger partial charge in [0.2, 0.25) is 11.8 Å².